The zero-order chi connectivity index (χ0) is 9.10. The number of rotatable bonds is 2. The highest BCUT2D eigenvalue weighted by Crippen LogP contribution is 2.18. The number of benzene rings is 1. The minimum atomic E-state index is 0.757. The zero-order valence-corrected chi connectivity index (χ0v) is 7.79. The van der Waals surface area contributed by atoms with Gasteiger partial charge in [0.25, 0.3) is 0 Å². The van der Waals surface area contributed by atoms with Gasteiger partial charge >= 0.3 is 0 Å². The van der Waals surface area contributed by atoms with E-state index in [1.54, 1.807) is 6.26 Å². The molecule has 0 N–H and O–H groups in total. The largest absolute Gasteiger partial charge is 0.469 e. The number of hydrogen-bond acceptors (Lipinski definition) is 1. The Bertz CT molecular complexity index is 379. The molecule has 0 unspecified atom stereocenters. The molecule has 0 radical (unpaired) electrons. The van der Waals surface area contributed by atoms with Gasteiger partial charge in [-0.25, -0.2) is 0 Å². The monoisotopic (exact) mass is 192 g/mol. The Hall–Kier alpha value is -1.21. The molecule has 1 heterocycles. The first-order valence-electron chi connectivity index (χ1n) is 4.12. The number of halogens is 1. The summed E-state index contributed by atoms with van der Waals surface area (Å²) in [5.74, 6) is 0.938. The smallest absolute Gasteiger partial charge is 0.108 e. The zero-order valence-electron chi connectivity index (χ0n) is 7.03. The maximum Gasteiger partial charge on any atom is 0.108 e. The Morgan fingerprint density at radius 3 is 2.62 bits per heavy atom. The van der Waals surface area contributed by atoms with Crippen molar-refractivity contribution in [3.8, 4) is 0 Å². The van der Waals surface area contributed by atoms with E-state index in [0.717, 1.165) is 22.8 Å². The molecule has 0 fully saturated rings. The molecule has 1 aromatic heterocycles. The fourth-order valence-corrected chi connectivity index (χ4v) is 1.45. The molecule has 2 heteroatoms. The molecule has 0 saturated carbocycles. The van der Waals surface area contributed by atoms with E-state index >= 15 is 0 Å². The van der Waals surface area contributed by atoms with Crippen molar-refractivity contribution >= 4 is 11.6 Å². The van der Waals surface area contributed by atoms with Crippen molar-refractivity contribution in [2.24, 2.45) is 0 Å². The topological polar surface area (TPSA) is 13.1 Å². The van der Waals surface area contributed by atoms with Gasteiger partial charge in [0.2, 0.25) is 0 Å². The van der Waals surface area contributed by atoms with Gasteiger partial charge in [-0.2, -0.15) is 0 Å². The highest BCUT2D eigenvalue weighted by Gasteiger charge is 2.01. The van der Waals surface area contributed by atoms with Crippen LogP contribution in [-0.4, -0.2) is 0 Å². The predicted molar refractivity (Wildman–Crippen MR) is 53.0 cm³/mol. The molecule has 2 rings (SSSR count). The lowest BCUT2D eigenvalue weighted by Crippen LogP contribution is -1.85. The van der Waals surface area contributed by atoms with Gasteiger partial charge in [-0.1, -0.05) is 29.8 Å². The maximum atomic E-state index is 6.00. The van der Waals surface area contributed by atoms with Crippen LogP contribution in [0.5, 0.6) is 0 Å². The lowest BCUT2D eigenvalue weighted by molar-refractivity contribution is 0.521. The summed E-state index contributed by atoms with van der Waals surface area (Å²) in [5, 5.41) is 0.791. The molecule has 1 aromatic carbocycles. The van der Waals surface area contributed by atoms with Crippen LogP contribution in [0.3, 0.4) is 0 Å². The first-order valence-corrected chi connectivity index (χ1v) is 4.50. The lowest BCUT2D eigenvalue weighted by atomic mass is 10.1. The fraction of sp³-hybridized carbons (Fsp3) is 0.0909. The summed E-state index contributed by atoms with van der Waals surface area (Å²) in [7, 11) is 0. The molecule has 0 aliphatic heterocycles. The summed E-state index contributed by atoms with van der Waals surface area (Å²) in [5.41, 5.74) is 1.10. The van der Waals surface area contributed by atoms with E-state index in [9.17, 15) is 0 Å². The quantitative estimate of drug-likeness (QED) is 0.710. The first-order chi connectivity index (χ1) is 6.36. The van der Waals surface area contributed by atoms with Crippen LogP contribution in [0.25, 0.3) is 0 Å². The lowest BCUT2D eigenvalue weighted by Gasteiger charge is -2.00. The molecular formula is C11H9ClO. The van der Waals surface area contributed by atoms with Crippen LogP contribution < -0.4 is 0 Å². The van der Waals surface area contributed by atoms with E-state index in [4.69, 9.17) is 16.0 Å². The predicted octanol–water partition coefficient (Wildman–Crippen LogP) is 3.52. The van der Waals surface area contributed by atoms with Crippen LogP contribution in [0.15, 0.2) is 47.1 Å². The van der Waals surface area contributed by atoms with Crippen molar-refractivity contribution in [1.82, 2.24) is 0 Å². The minimum Gasteiger partial charge on any atom is -0.469 e. The van der Waals surface area contributed by atoms with Crippen LogP contribution >= 0.6 is 11.6 Å². The second-order valence-corrected chi connectivity index (χ2v) is 3.25. The van der Waals surface area contributed by atoms with Gasteiger partial charge in [0.15, 0.2) is 0 Å². The molecule has 0 spiro atoms. The highest BCUT2D eigenvalue weighted by molar-refractivity contribution is 6.31. The normalized spacial score (nSPS) is 10.2. The van der Waals surface area contributed by atoms with E-state index in [-0.39, 0.29) is 0 Å². The molecule has 13 heavy (non-hydrogen) atoms. The van der Waals surface area contributed by atoms with Crippen molar-refractivity contribution in [2.75, 3.05) is 0 Å². The third-order valence-corrected chi connectivity index (χ3v) is 2.27. The van der Waals surface area contributed by atoms with E-state index in [1.807, 2.05) is 36.4 Å². The molecule has 0 aliphatic carbocycles. The van der Waals surface area contributed by atoms with Crippen molar-refractivity contribution in [1.29, 1.82) is 0 Å². The Balaban J connectivity index is 2.24. The Kier molecular flexibility index (Phi) is 2.37. The van der Waals surface area contributed by atoms with Crippen LogP contribution in [0.1, 0.15) is 11.3 Å². The van der Waals surface area contributed by atoms with Crippen LogP contribution in [-0.2, 0) is 6.42 Å². The summed E-state index contributed by atoms with van der Waals surface area (Å²) in [6, 6.07) is 11.6. The van der Waals surface area contributed by atoms with Gasteiger partial charge in [-0.3, -0.25) is 0 Å². The standard InChI is InChI=1S/C11H9ClO/c12-11-6-2-1-4-9(11)8-10-5-3-7-13-10/h1-7H,8H2. The van der Waals surface area contributed by atoms with Gasteiger partial charge in [0.05, 0.1) is 6.26 Å². The second kappa shape index (κ2) is 3.67. The highest BCUT2D eigenvalue weighted by atomic mass is 35.5. The average molecular weight is 193 g/mol. The molecular weight excluding hydrogens is 184 g/mol. The molecule has 0 atom stereocenters. The van der Waals surface area contributed by atoms with Crippen molar-refractivity contribution < 1.29 is 4.42 Å². The molecule has 1 nitrogen and oxygen atoms in total. The molecule has 2 aromatic rings. The van der Waals surface area contributed by atoms with Crippen molar-refractivity contribution in [2.45, 2.75) is 6.42 Å². The van der Waals surface area contributed by atoms with Crippen LogP contribution in [0, 0.1) is 0 Å². The second-order valence-electron chi connectivity index (χ2n) is 2.85. The maximum absolute atomic E-state index is 6.00. The summed E-state index contributed by atoms with van der Waals surface area (Å²) in [4.78, 5) is 0. The minimum absolute atomic E-state index is 0.757. The van der Waals surface area contributed by atoms with Crippen LogP contribution in [0.4, 0.5) is 0 Å². The van der Waals surface area contributed by atoms with Gasteiger partial charge in [-0.05, 0) is 23.8 Å². The van der Waals surface area contributed by atoms with Crippen LogP contribution in [0.2, 0.25) is 5.02 Å². The molecule has 0 saturated heterocycles. The van der Waals surface area contributed by atoms with E-state index in [1.165, 1.54) is 0 Å². The summed E-state index contributed by atoms with van der Waals surface area (Å²) in [6.45, 7) is 0. The SMILES string of the molecule is Clc1ccccc1Cc1ccco1. The van der Waals surface area contributed by atoms with E-state index in [2.05, 4.69) is 0 Å². The third-order valence-electron chi connectivity index (χ3n) is 1.90. The first kappa shape index (κ1) is 8.39. The molecule has 0 amide bonds. The summed E-state index contributed by atoms with van der Waals surface area (Å²) < 4.78 is 5.23. The van der Waals surface area contributed by atoms with Gasteiger partial charge in [0.1, 0.15) is 5.76 Å². The Morgan fingerprint density at radius 2 is 1.92 bits per heavy atom. The molecule has 0 bridgehead atoms. The van der Waals surface area contributed by atoms with E-state index < -0.39 is 0 Å². The number of hydrogen-bond donors (Lipinski definition) is 0. The van der Waals surface area contributed by atoms with Gasteiger partial charge in [0, 0.05) is 11.4 Å². The molecule has 66 valence electrons. The number of furan rings is 1. The third kappa shape index (κ3) is 1.93. The van der Waals surface area contributed by atoms with E-state index in [0.29, 0.717) is 0 Å². The average Bonchev–Trinajstić information content (AvgIpc) is 2.61. The van der Waals surface area contributed by atoms with Crippen molar-refractivity contribution in [3.05, 3.63) is 59.0 Å². The van der Waals surface area contributed by atoms with Crippen molar-refractivity contribution in [3.63, 3.8) is 0 Å². The summed E-state index contributed by atoms with van der Waals surface area (Å²) >= 11 is 6.00. The molecule has 0 aliphatic rings. The fourth-order valence-electron chi connectivity index (χ4n) is 1.24. The van der Waals surface area contributed by atoms with Gasteiger partial charge < -0.3 is 4.42 Å². The summed E-state index contributed by atoms with van der Waals surface area (Å²) in [6.07, 6.45) is 2.43. The Labute approximate surface area is 82.0 Å². The Morgan fingerprint density at radius 1 is 1.08 bits per heavy atom. The van der Waals surface area contributed by atoms with Gasteiger partial charge in [-0.15, -0.1) is 0 Å².